The van der Waals surface area contributed by atoms with Crippen LogP contribution >= 0.6 is 0 Å². The third-order valence-electron chi connectivity index (χ3n) is 6.42. The molecule has 0 atom stereocenters. The Morgan fingerprint density at radius 3 is 2.45 bits per heavy atom. The lowest BCUT2D eigenvalue weighted by Crippen LogP contribution is -2.37. The molecular weight excluding hydrogens is 390 g/mol. The van der Waals surface area contributed by atoms with Gasteiger partial charge in [0.05, 0.1) is 11.7 Å². The van der Waals surface area contributed by atoms with Gasteiger partial charge in [-0.1, -0.05) is 53.7 Å². The maximum absolute atomic E-state index is 12.3. The molecule has 5 rings (SSSR count). The molecule has 2 aliphatic rings. The van der Waals surface area contributed by atoms with Gasteiger partial charge in [-0.25, -0.2) is 9.48 Å². The molecule has 3 N–H and O–H groups in total. The summed E-state index contributed by atoms with van der Waals surface area (Å²) < 4.78 is 7.54. The van der Waals surface area contributed by atoms with Gasteiger partial charge in [0.1, 0.15) is 6.61 Å². The number of hydrogen-bond acceptors (Lipinski definition) is 5. The number of rotatable bonds is 7. The first kappa shape index (κ1) is 19.8. The lowest BCUT2D eigenvalue weighted by Gasteiger charge is -2.34. The van der Waals surface area contributed by atoms with Gasteiger partial charge in [0.15, 0.2) is 0 Å². The SMILES string of the molecule is NCCc1cn(C2CC(CNC(=O)OCC3c4ccccc4-c4ccccc43)C2)nn1. The summed E-state index contributed by atoms with van der Waals surface area (Å²) >= 11 is 0. The van der Waals surface area contributed by atoms with Crippen molar-refractivity contribution in [2.45, 2.75) is 31.2 Å². The fraction of sp³-hybridized carbons (Fsp3) is 0.375. The van der Waals surface area contributed by atoms with Crippen LogP contribution in [0.15, 0.2) is 54.7 Å². The summed E-state index contributed by atoms with van der Waals surface area (Å²) in [5.74, 6) is 0.522. The Bertz CT molecular complexity index is 1030. The molecule has 0 unspecified atom stereocenters. The van der Waals surface area contributed by atoms with E-state index in [9.17, 15) is 4.79 Å². The van der Waals surface area contributed by atoms with Crippen molar-refractivity contribution in [1.29, 1.82) is 0 Å². The number of nitrogens with two attached hydrogens (primary N) is 1. The van der Waals surface area contributed by atoms with E-state index in [-0.39, 0.29) is 12.0 Å². The predicted molar refractivity (Wildman–Crippen MR) is 118 cm³/mol. The average molecular weight is 418 g/mol. The summed E-state index contributed by atoms with van der Waals surface area (Å²) in [7, 11) is 0. The van der Waals surface area contributed by atoms with Gasteiger partial charge in [-0.3, -0.25) is 0 Å². The van der Waals surface area contributed by atoms with Crippen molar-refractivity contribution in [1.82, 2.24) is 20.3 Å². The molecule has 1 aromatic heterocycles. The molecule has 0 bridgehead atoms. The van der Waals surface area contributed by atoms with Gasteiger partial charge in [-0.15, -0.1) is 5.10 Å². The summed E-state index contributed by atoms with van der Waals surface area (Å²) in [5.41, 5.74) is 11.4. The van der Waals surface area contributed by atoms with E-state index in [1.807, 2.05) is 23.0 Å². The zero-order chi connectivity index (χ0) is 21.2. The van der Waals surface area contributed by atoms with E-state index in [4.69, 9.17) is 10.5 Å². The standard InChI is InChI=1S/C24H27N5O2/c25-10-9-17-14-29(28-27-17)18-11-16(12-18)13-26-24(30)31-15-23-21-7-3-1-5-19(21)20-6-2-4-8-22(20)23/h1-8,14,16,18,23H,9-13,15,25H2,(H,26,30). The van der Waals surface area contributed by atoms with E-state index in [1.54, 1.807) is 0 Å². The molecule has 31 heavy (non-hydrogen) atoms. The fourth-order valence-corrected chi connectivity index (χ4v) is 4.71. The van der Waals surface area contributed by atoms with Gasteiger partial charge in [0, 0.05) is 25.1 Å². The van der Waals surface area contributed by atoms with E-state index >= 15 is 0 Å². The van der Waals surface area contributed by atoms with Crippen LogP contribution in [0.5, 0.6) is 0 Å². The van der Waals surface area contributed by atoms with Crippen LogP contribution in [0.3, 0.4) is 0 Å². The summed E-state index contributed by atoms with van der Waals surface area (Å²) in [6, 6.07) is 17.1. The molecule has 160 valence electrons. The minimum atomic E-state index is -0.351. The lowest BCUT2D eigenvalue weighted by atomic mass is 9.80. The molecule has 0 radical (unpaired) electrons. The second-order valence-corrected chi connectivity index (χ2v) is 8.43. The van der Waals surface area contributed by atoms with Gasteiger partial charge in [0.25, 0.3) is 0 Å². The minimum Gasteiger partial charge on any atom is -0.449 e. The van der Waals surface area contributed by atoms with Crippen LogP contribution in [-0.2, 0) is 11.2 Å². The predicted octanol–water partition coefficient (Wildman–Crippen LogP) is 3.27. The molecule has 2 aromatic carbocycles. The molecule has 0 spiro atoms. The van der Waals surface area contributed by atoms with Gasteiger partial charge >= 0.3 is 6.09 Å². The molecule has 7 heteroatoms. The Balaban J connectivity index is 1.10. The highest BCUT2D eigenvalue weighted by Crippen LogP contribution is 2.44. The number of benzene rings is 2. The van der Waals surface area contributed by atoms with E-state index < -0.39 is 0 Å². The van der Waals surface area contributed by atoms with Crippen molar-refractivity contribution in [3.8, 4) is 11.1 Å². The average Bonchev–Trinajstić information content (AvgIpc) is 3.34. The van der Waals surface area contributed by atoms with Crippen LogP contribution in [0.1, 0.15) is 41.6 Å². The Labute approximate surface area is 181 Å². The molecule has 1 saturated carbocycles. The van der Waals surface area contributed by atoms with Gasteiger partial charge in [-0.05, 0) is 47.6 Å². The summed E-state index contributed by atoms with van der Waals surface area (Å²) in [4.78, 5) is 12.3. The van der Waals surface area contributed by atoms with Crippen molar-refractivity contribution in [2.24, 2.45) is 11.7 Å². The number of aromatic nitrogens is 3. The molecule has 3 aromatic rings. The van der Waals surface area contributed by atoms with Crippen LogP contribution < -0.4 is 11.1 Å². The number of ether oxygens (including phenoxy) is 1. The minimum absolute atomic E-state index is 0.0845. The first-order valence-corrected chi connectivity index (χ1v) is 10.9. The summed E-state index contributed by atoms with van der Waals surface area (Å²) in [6.07, 6.45) is 4.34. The third-order valence-corrected chi connectivity index (χ3v) is 6.42. The van der Waals surface area contributed by atoms with E-state index in [0.717, 1.165) is 25.0 Å². The highest BCUT2D eigenvalue weighted by atomic mass is 16.5. The van der Waals surface area contributed by atoms with Crippen molar-refractivity contribution in [3.63, 3.8) is 0 Å². The zero-order valence-electron chi connectivity index (χ0n) is 17.4. The number of carbonyl (C=O) groups is 1. The van der Waals surface area contributed by atoms with Crippen LogP contribution in [-0.4, -0.2) is 40.8 Å². The van der Waals surface area contributed by atoms with Crippen molar-refractivity contribution >= 4 is 6.09 Å². The lowest BCUT2D eigenvalue weighted by molar-refractivity contribution is 0.131. The molecule has 1 fully saturated rings. The molecule has 1 amide bonds. The highest BCUT2D eigenvalue weighted by Gasteiger charge is 2.32. The van der Waals surface area contributed by atoms with Gasteiger partial charge in [-0.2, -0.15) is 0 Å². The molecule has 2 aliphatic carbocycles. The second kappa shape index (κ2) is 8.51. The van der Waals surface area contributed by atoms with Gasteiger partial charge < -0.3 is 15.8 Å². The summed E-state index contributed by atoms with van der Waals surface area (Å²) in [6.45, 7) is 1.55. The van der Waals surface area contributed by atoms with Crippen molar-refractivity contribution in [3.05, 3.63) is 71.5 Å². The largest absolute Gasteiger partial charge is 0.449 e. The highest BCUT2D eigenvalue weighted by molar-refractivity contribution is 5.79. The number of alkyl carbamates (subject to hydrolysis) is 1. The number of hydrogen-bond donors (Lipinski definition) is 2. The Morgan fingerprint density at radius 2 is 1.77 bits per heavy atom. The smallest absolute Gasteiger partial charge is 0.407 e. The first-order valence-electron chi connectivity index (χ1n) is 10.9. The van der Waals surface area contributed by atoms with Crippen LogP contribution in [0.25, 0.3) is 11.1 Å². The topological polar surface area (TPSA) is 95.1 Å². The molecule has 0 aliphatic heterocycles. The molecular formula is C24H27N5O2. The van der Waals surface area contributed by atoms with Crippen LogP contribution in [0.2, 0.25) is 0 Å². The molecule has 1 heterocycles. The van der Waals surface area contributed by atoms with Crippen molar-refractivity contribution in [2.75, 3.05) is 19.7 Å². The zero-order valence-corrected chi connectivity index (χ0v) is 17.4. The van der Waals surface area contributed by atoms with E-state index in [1.165, 1.54) is 22.3 Å². The number of nitrogens with zero attached hydrogens (tertiary/aromatic N) is 3. The van der Waals surface area contributed by atoms with Crippen molar-refractivity contribution < 1.29 is 9.53 Å². The summed E-state index contributed by atoms with van der Waals surface area (Å²) in [5, 5.41) is 11.3. The van der Waals surface area contributed by atoms with E-state index in [2.05, 4.69) is 52.0 Å². The third kappa shape index (κ3) is 3.93. The Hall–Kier alpha value is -3.19. The molecule has 0 saturated heterocycles. The first-order chi connectivity index (χ1) is 15.2. The second-order valence-electron chi connectivity index (χ2n) is 8.43. The monoisotopic (exact) mass is 417 g/mol. The maximum Gasteiger partial charge on any atom is 0.407 e. The number of nitrogens with one attached hydrogen (secondary N) is 1. The van der Waals surface area contributed by atoms with Gasteiger partial charge in [0.2, 0.25) is 0 Å². The fourth-order valence-electron chi connectivity index (χ4n) is 4.71. The van der Waals surface area contributed by atoms with Crippen LogP contribution in [0, 0.1) is 5.92 Å². The number of amides is 1. The number of fused-ring (bicyclic) bond motifs is 3. The normalized spacial score (nSPS) is 19.4. The maximum atomic E-state index is 12.3. The quantitative estimate of drug-likeness (QED) is 0.615. The Kier molecular flexibility index (Phi) is 5.42. The van der Waals surface area contributed by atoms with E-state index in [0.29, 0.717) is 31.7 Å². The van der Waals surface area contributed by atoms with Crippen LogP contribution in [0.4, 0.5) is 4.79 Å². The Morgan fingerprint density at radius 1 is 1.10 bits per heavy atom. The number of carbonyl (C=O) groups excluding carboxylic acids is 1. The molecule has 7 nitrogen and oxygen atoms in total.